The Bertz CT molecular complexity index is 494. The third-order valence-electron chi connectivity index (χ3n) is 4.46. The van der Waals surface area contributed by atoms with Crippen LogP contribution in [0, 0.1) is 0 Å². The number of benzene rings is 1. The Balaban J connectivity index is 1.73. The minimum absolute atomic E-state index is 0.128. The van der Waals surface area contributed by atoms with Crippen molar-refractivity contribution in [1.29, 1.82) is 0 Å². The summed E-state index contributed by atoms with van der Waals surface area (Å²) in [5.41, 5.74) is 0. The van der Waals surface area contributed by atoms with Crippen LogP contribution in [0.15, 0.2) is 30.3 Å². The molecular formula is C24H40O6. The van der Waals surface area contributed by atoms with Gasteiger partial charge in [0, 0.05) is 6.42 Å². The fraction of sp³-hybridized carbons (Fsp3) is 0.708. The van der Waals surface area contributed by atoms with Gasteiger partial charge in [-0.25, -0.2) is 0 Å². The van der Waals surface area contributed by atoms with Gasteiger partial charge >= 0.3 is 5.97 Å². The number of para-hydroxylation sites is 1. The number of ether oxygens (including phenoxy) is 5. The average molecular weight is 425 g/mol. The number of esters is 1. The van der Waals surface area contributed by atoms with E-state index >= 15 is 0 Å². The quantitative estimate of drug-likeness (QED) is 0.209. The third kappa shape index (κ3) is 17.2. The second-order valence-electron chi connectivity index (χ2n) is 7.09. The Morgan fingerprint density at radius 2 is 1.20 bits per heavy atom. The highest BCUT2D eigenvalue weighted by molar-refractivity contribution is 5.69. The first-order valence-electron chi connectivity index (χ1n) is 11.4. The smallest absolute Gasteiger partial charge is 0.305 e. The van der Waals surface area contributed by atoms with Crippen LogP contribution in [-0.2, 0) is 23.7 Å². The van der Waals surface area contributed by atoms with E-state index in [0.717, 1.165) is 18.6 Å². The van der Waals surface area contributed by atoms with Crippen molar-refractivity contribution >= 4 is 5.97 Å². The molecule has 0 fully saturated rings. The molecule has 0 atom stereocenters. The van der Waals surface area contributed by atoms with Gasteiger partial charge < -0.3 is 23.7 Å². The summed E-state index contributed by atoms with van der Waals surface area (Å²) in [6, 6.07) is 9.66. The van der Waals surface area contributed by atoms with Crippen molar-refractivity contribution in [2.45, 2.75) is 58.3 Å². The normalized spacial score (nSPS) is 10.8. The van der Waals surface area contributed by atoms with E-state index in [9.17, 15) is 4.79 Å². The van der Waals surface area contributed by atoms with E-state index in [1.165, 1.54) is 32.1 Å². The van der Waals surface area contributed by atoms with E-state index in [0.29, 0.717) is 59.3 Å². The van der Waals surface area contributed by atoms with Crippen LogP contribution in [0.2, 0.25) is 0 Å². The molecule has 1 rings (SSSR count). The van der Waals surface area contributed by atoms with E-state index < -0.39 is 0 Å². The first-order valence-corrected chi connectivity index (χ1v) is 11.4. The van der Waals surface area contributed by atoms with Gasteiger partial charge in [0.05, 0.1) is 39.6 Å². The minimum Gasteiger partial charge on any atom is -0.491 e. The van der Waals surface area contributed by atoms with Crippen molar-refractivity contribution in [1.82, 2.24) is 0 Å². The lowest BCUT2D eigenvalue weighted by Gasteiger charge is -2.08. The van der Waals surface area contributed by atoms with Gasteiger partial charge in [0.15, 0.2) is 0 Å². The van der Waals surface area contributed by atoms with E-state index in [4.69, 9.17) is 23.7 Å². The maximum Gasteiger partial charge on any atom is 0.305 e. The first kappa shape index (κ1) is 26.4. The van der Waals surface area contributed by atoms with Crippen LogP contribution in [0.5, 0.6) is 5.75 Å². The summed E-state index contributed by atoms with van der Waals surface area (Å²) in [5, 5.41) is 0. The van der Waals surface area contributed by atoms with Crippen LogP contribution >= 0.6 is 0 Å². The van der Waals surface area contributed by atoms with Crippen LogP contribution in [0.3, 0.4) is 0 Å². The van der Waals surface area contributed by atoms with Crippen molar-refractivity contribution < 1.29 is 28.5 Å². The van der Waals surface area contributed by atoms with Gasteiger partial charge in [-0.3, -0.25) is 4.79 Å². The molecule has 0 aromatic heterocycles. The second-order valence-corrected chi connectivity index (χ2v) is 7.09. The molecule has 0 spiro atoms. The topological polar surface area (TPSA) is 63.2 Å². The summed E-state index contributed by atoms with van der Waals surface area (Å²) in [6.45, 7) is 5.98. The van der Waals surface area contributed by atoms with Crippen LogP contribution in [0.25, 0.3) is 0 Å². The van der Waals surface area contributed by atoms with Crippen LogP contribution in [0.1, 0.15) is 58.3 Å². The Kier molecular flexibility index (Phi) is 18.2. The first-order chi connectivity index (χ1) is 14.8. The molecule has 0 bridgehead atoms. The van der Waals surface area contributed by atoms with Gasteiger partial charge in [-0.15, -0.1) is 0 Å². The van der Waals surface area contributed by atoms with E-state index in [-0.39, 0.29) is 5.97 Å². The molecule has 0 saturated carbocycles. The van der Waals surface area contributed by atoms with Gasteiger partial charge in [-0.05, 0) is 18.6 Å². The van der Waals surface area contributed by atoms with E-state index in [1.807, 2.05) is 30.3 Å². The summed E-state index contributed by atoms with van der Waals surface area (Å²) in [4.78, 5) is 11.6. The molecular weight excluding hydrogens is 384 g/mol. The van der Waals surface area contributed by atoms with Crippen molar-refractivity contribution in [3.8, 4) is 5.75 Å². The summed E-state index contributed by atoms with van der Waals surface area (Å²) in [6.07, 6.45) is 8.89. The number of carbonyl (C=O) groups excluding carboxylic acids is 1. The van der Waals surface area contributed by atoms with Gasteiger partial charge in [0.2, 0.25) is 0 Å². The minimum atomic E-state index is -0.128. The number of hydrogen-bond donors (Lipinski definition) is 0. The van der Waals surface area contributed by atoms with Crippen molar-refractivity contribution in [2.75, 3.05) is 52.9 Å². The van der Waals surface area contributed by atoms with Crippen molar-refractivity contribution in [3.05, 3.63) is 30.3 Å². The van der Waals surface area contributed by atoms with Crippen LogP contribution in [0.4, 0.5) is 0 Å². The summed E-state index contributed by atoms with van der Waals surface area (Å²) in [7, 11) is 0. The lowest BCUT2D eigenvalue weighted by molar-refractivity contribution is -0.145. The zero-order chi connectivity index (χ0) is 21.5. The number of unbranched alkanes of at least 4 members (excludes halogenated alkanes) is 6. The molecule has 0 aliphatic rings. The molecule has 1 aromatic rings. The number of rotatable bonds is 21. The highest BCUT2D eigenvalue weighted by Crippen LogP contribution is 2.09. The average Bonchev–Trinajstić information content (AvgIpc) is 2.77. The monoisotopic (exact) mass is 424 g/mol. The Labute approximate surface area is 182 Å². The predicted molar refractivity (Wildman–Crippen MR) is 118 cm³/mol. The SMILES string of the molecule is CCCCCCCCCC(=O)OCCOCCOCCOCCOc1ccccc1. The molecule has 0 radical (unpaired) electrons. The standard InChI is InChI=1S/C24H40O6/c1-2-3-4-5-6-7-11-14-24(25)30-22-20-28-18-16-26-15-17-27-19-21-29-23-12-9-8-10-13-23/h8-10,12-13H,2-7,11,14-22H2,1H3. The van der Waals surface area contributed by atoms with Gasteiger partial charge in [-0.2, -0.15) is 0 Å². The summed E-state index contributed by atoms with van der Waals surface area (Å²) < 4.78 is 27.0. The summed E-state index contributed by atoms with van der Waals surface area (Å²) >= 11 is 0. The maximum absolute atomic E-state index is 11.6. The molecule has 0 aliphatic heterocycles. The molecule has 0 saturated heterocycles. The largest absolute Gasteiger partial charge is 0.491 e. The lowest BCUT2D eigenvalue weighted by atomic mass is 10.1. The fourth-order valence-electron chi connectivity index (χ4n) is 2.79. The second kappa shape index (κ2) is 20.6. The Morgan fingerprint density at radius 3 is 1.83 bits per heavy atom. The third-order valence-corrected chi connectivity index (χ3v) is 4.46. The Morgan fingerprint density at radius 1 is 0.667 bits per heavy atom. The molecule has 0 N–H and O–H groups in total. The number of carbonyl (C=O) groups is 1. The summed E-state index contributed by atoms with van der Waals surface area (Å²) in [5.74, 6) is 0.717. The fourth-order valence-corrected chi connectivity index (χ4v) is 2.79. The zero-order valence-corrected chi connectivity index (χ0v) is 18.6. The van der Waals surface area contributed by atoms with Crippen molar-refractivity contribution in [2.24, 2.45) is 0 Å². The molecule has 0 unspecified atom stereocenters. The van der Waals surface area contributed by atoms with Gasteiger partial charge in [0.25, 0.3) is 0 Å². The molecule has 172 valence electrons. The highest BCUT2D eigenvalue weighted by atomic mass is 16.6. The number of hydrogen-bond acceptors (Lipinski definition) is 6. The van der Waals surface area contributed by atoms with Gasteiger partial charge in [0.1, 0.15) is 19.0 Å². The maximum atomic E-state index is 11.6. The molecule has 0 heterocycles. The predicted octanol–water partition coefficient (Wildman–Crippen LogP) is 4.80. The van der Waals surface area contributed by atoms with Crippen LogP contribution in [-0.4, -0.2) is 58.8 Å². The zero-order valence-electron chi connectivity index (χ0n) is 18.6. The molecule has 0 amide bonds. The molecule has 6 nitrogen and oxygen atoms in total. The molecule has 6 heteroatoms. The van der Waals surface area contributed by atoms with Crippen LogP contribution < -0.4 is 4.74 Å². The molecule has 1 aromatic carbocycles. The van der Waals surface area contributed by atoms with Crippen molar-refractivity contribution in [3.63, 3.8) is 0 Å². The Hall–Kier alpha value is -1.63. The highest BCUT2D eigenvalue weighted by Gasteiger charge is 2.02. The van der Waals surface area contributed by atoms with E-state index in [2.05, 4.69) is 6.92 Å². The molecule has 30 heavy (non-hydrogen) atoms. The van der Waals surface area contributed by atoms with E-state index in [1.54, 1.807) is 0 Å². The lowest BCUT2D eigenvalue weighted by Crippen LogP contribution is -2.14. The van der Waals surface area contributed by atoms with Gasteiger partial charge in [-0.1, -0.05) is 63.6 Å². The molecule has 0 aliphatic carbocycles.